The van der Waals surface area contributed by atoms with Gasteiger partial charge in [-0.1, -0.05) is 182 Å². The summed E-state index contributed by atoms with van der Waals surface area (Å²) in [4.78, 5) is 0. The Bertz CT molecular complexity index is 2210. The molecule has 0 spiro atoms. The Labute approximate surface area is 380 Å². The second kappa shape index (κ2) is 24.4. The van der Waals surface area contributed by atoms with E-state index in [9.17, 15) is 5.11 Å². The summed E-state index contributed by atoms with van der Waals surface area (Å²) in [7, 11) is 0. The Hall–Kier alpha value is -5.15. The van der Waals surface area contributed by atoms with Crippen LogP contribution in [0.1, 0.15) is 33.4 Å². The first-order valence-corrected chi connectivity index (χ1v) is 22.2. The van der Waals surface area contributed by atoms with Crippen molar-refractivity contribution in [3.8, 4) is 0 Å². The first-order valence-electron chi connectivity index (χ1n) is 22.2. The largest absolute Gasteiger partial charge is 0.385 e. The zero-order valence-electron chi connectivity index (χ0n) is 36.3. The van der Waals surface area contributed by atoms with Crippen LogP contribution in [-0.4, -0.2) is 79.8 Å². The highest BCUT2D eigenvalue weighted by Gasteiger charge is 2.54. The molecule has 0 saturated carbocycles. The van der Waals surface area contributed by atoms with E-state index in [0.717, 1.165) is 33.4 Å². The number of hydrogen-bond donors (Lipinski definition) is 1. The number of benzene rings is 6. The van der Waals surface area contributed by atoms with Gasteiger partial charge in [-0.2, -0.15) is 0 Å². The Kier molecular flexibility index (Phi) is 17.4. The van der Waals surface area contributed by atoms with Crippen LogP contribution >= 0.6 is 0 Å². The molecule has 8 rings (SSSR count). The van der Waals surface area contributed by atoms with Crippen molar-refractivity contribution in [2.24, 2.45) is 0 Å². The summed E-state index contributed by atoms with van der Waals surface area (Å²) in [5.41, 5.74) is 5.51. The summed E-state index contributed by atoms with van der Waals surface area (Å²) in [5.74, 6) is 0. The highest BCUT2D eigenvalue weighted by molar-refractivity contribution is 5.18. The van der Waals surface area contributed by atoms with Gasteiger partial charge in [-0.05, 0) is 33.4 Å². The fraction of sp³-hybridized carbons (Fsp3) is 0.333. The summed E-state index contributed by atoms with van der Waals surface area (Å²) < 4.78 is 75.4. The SMILES string of the molecule is O[C@H]1[C@@H](O[C@@H]2[C@@H](OCc3ccccc3)[C@H](OCc3ccccc3)[C@@H](COCc3ccccc3)O[C@@H]2F)O[C@H](COCc2ccccc2)[C@@H](OCc2ccccc2)[C@@H]1OCc1ccccc1. The molecule has 0 radical (unpaired) electrons. The molecule has 0 aromatic heterocycles. The number of aliphatic hydroxyl groups is 1. The number of hydrogen-bond acceptors (Lipinski definition) is 10. The van der Waals surface area contributed by atoms with E-state index < -0.39 is 61.5 Å². The monoisotopic (exact) mass is 884 g/mol. The molecule has 2 saturated heterocycles. The van der Waals surface area contributed by atoms with Crippen LogP contribution in [0.15, 0.2) is 182 Å². The first kappa shape index (κ1) is 46.4. The molecule has 0 amide bonds. The van der Waals surface area contributed by atoms with E-state index in [1.54, 1.807) is 0 Å². The summed E-state index contributed by atoms with van der Waals surface area (Å²) in [6.07, 6.45) is -11.9. The van der Waals surface area contributed by atoms with Crippen LogP contribution in [0.5, 0.6) is 0 Å². The molecule has 65 heavy (non-hydrogen) atoms. The minimum atomic E-state index is -2.04. The van der Waals surface area contributed by atoms with Gasteiger partial charge in [0.1, 0.15) is 48.8 Å². The summed E-state index contributed by atoms with van der Waals surface area (Å²) in [6.45, 7) is 1.28. The average molecular weight is 885 g/mol. The van der Waals surface area contributed by atoms with Crippen LogP contribution < -0.4 is 0 Å². The van der Waals surface area contributed by atoms with E-state index >= 15 is 4.39 Å². The van der Waals surface area contributed by atoms with Crippen LogP contribution in [0, 0.1) is 0 Å². The first-order chi connectivity index (χ1) is 32.1. The third-order valence-electron chi connectivity index (χ3n) is 11.4. The van der Waals surface area contributed by atoms with E-state index in [-0.39, 0.29) is 46.2 Å². The molecule has 10 atom stereocenters. The van der Waals surface area contributed by atoms with E-state index in [4.69, 9.17) is 42.6 Å². The fourth-order valence-electron chi connectivity index (χ4n) is 8.02. The number of alkyl halides is 1. The van der Waals surface area contributed by atoms with Crippen molar-refractivity contribution in [3.63, 3.8) is 0 Å². The molecule has 1 N–H and O–H groups in total. The Morgan fingerprint density at radius 3 is 1.06 bits per heavy atom. The van der Waals surface area contributed by atoms with Gasteiger partial charge >= 0.3 is 0 Å². The molecule has 2 fully saturated rings. The van der Waals surface area contributed by atoms with Crippen LogP contribution in [-0.2, 0) is 82.3 Å². The van der Waals surface area contributed by atoms with Gasteiger partial charge in [-0.25, -0.2) is 4.39 Å². The van der Waals surface area contributed by atoms with Gasteiger partial charge in [-0.15, -0.1) is 0 Å². The Morgan fingerprint density at radius 1 is 0.369 bits per heavy atom. The fourth-order valence-corrected chi connectivity index (χ4v) is 8.02. The van der Waals surface area contributed by atoms with Crippen molar-refractivity contribution >= 4 is 0 Å². The molecule has 2 aliphatic rings. The molecule has 0 unspecified atom stereocenters. The van der Waals surface area contributed by atoms with Gasteiger partial charge < -0.3 is 47.7 Å². The zero-order chi connectivity index (χ0) is 44.5. The van der Waals surface area contributed by atoms with Crippen molar-refractivity contribution in [1.82, 2.24) is 0 Å². The number of rotatable bonds is 22. The molecular formula is C54H57FO10. The van der Waals surface area contributed by atoms with Crippen molar-refractivity contribution < 1.29 is 52.1 Å². The van der Waals surface area contributed by atoms with Crippen LogP contribution in [0.3, 0.4) is 0 Å². The summed E-state index contributed by atoms with van der Waals surface area (Å²) in [5, 5.41) is 12.3. The predicted octanol–water partition coefficient (Wildman–Crippen LogP) is 8.93. The van der Waals surface area contributed by atoms with E-state index in [2.05, 4.69) is 0 Å². The highest BCUT2D eigenvalue weighted by Crippen LogP contribution is 2.35. The van der Waals surface area contributed by atoms with Gasteiger partial charge in [-0.3, -0.25) is 0 Å². The molecule has 10 nitrogen and oxygen atoms in total. The number of ether oxygens (including phenoxy) is 9. The summed E-state index contributed by atoms with van der Waals surface area (Å²) in [6, 6.07) is 58.2. The quantitative estimate of drug-likeness (QED) is 0.0712. The molecule has 6 aromatic rings. The van der Waals surface area contributed by atoms with Gasteiger partial charge in [0.2, 0.25) is 6.36 Å². The minimum Gasteiger partial charge on any atom is -0.385 e. The highest BCUT2D eigenvalue weighted by atomic mass is 19.1. The van der Waals surface area contributed by atoms with Crippen LogP contribution in [0.2, 0.25) is 0 Å². The van der Waals surface area contributed by atoms with Crippen molar-refractivity contribution in [1.29, 1.82) is 0 Å². The van der Waals surface area contributed by atoms with E-state index in [1.165, 1.54) is 0 Å². The second-order valence-electron chi connectivity index (χ2n) is 16.2. The lowest BCUT2D eigenvalue weighted by atomic mass is 9.96. The van der Waals surface area contributed by atoms with Crippen molar-refractivity contribution in [3.05, 3.63) is 215 Å². The van der Waals surface area contributed by atoms with Crippen molar-refractivity contribution in [2.75, 3.05) is 13.2 Å². The minimum absolute atomic E-state index is 0.00585. The number of halogens is 1. The molecular weight excluding hydrogens is 828 g/mol. The topological polar surface area (TPSA) is 103 Å². The molecule has 340 valence electrons. The lowest BCUT2D eigenvalue weighted by Gasteiger charge is -2.48. The molecule has 0 aliphatic carbocycles. The Morgan fingerprint density at radius 2 is 0.677 bits per heavy atom. The van der Waals surface area contributed by atoms with E-state index in [1.807, 2.05) is 182 Å². The van der Waals surface area contributed by atoms with Crippen LogP contribution in [0.25, 0.3) is 0 Å². The van der Waals surface area contributed by atoms with Gasteiger partial charge in [0.15, 0.2) is 6.29 Å². The Balaban J connectivity index is 1.09. The normalized spacial score (nSPS) is 25.6. The molecule has 2 heterocycles. The molecule has 11 heteroatoms. The summed E-state index contributed by atoms with van der Waals surface area (Å²) >= 11 is 0. The molecule has 2 aliphatic heterocycles. The van der Waals surface area contributed by atoms with E-state index in [0.29, 0.717) is 6.61 Å². The maximum Gasteiger partial charge on any atom is 0.228 e. The van der Waals surface area contributed by atoms with Crippen LogP contribution in [0.4, 0.5) is 4.39 Å². The molecule has 0 bridgehead atoms. The van der Waals surface area contributed by atoms with Crippen molar-refractivity contribution in [2.45, 2.75) is 101 Å². The molecule has 6 aromatic carbocycles. The van der Waals surface area contributed by atoms with Gasteiger partial charge in [0, 0.05) is 0 Å². The zero-order valence-corrected chi connectivity index (χ0v) is 36.3. The predicted molar refractivity (Wildman–Crippen MR) is 242 cm³/mol. The third kappa shape index (κ3) is 13.5. The standard InChI is InChI=1S/C54H57FO10/c55-53-52(51(62-36-44-29-17-6-18-30-44)49(60-34-42-25-13-4-14-26-42)45(63-53)37-57-31-39-19-7-1-8-20-39)65-54-47(56)50(61-35-43-27-15-5-16-28-43)48(59-33-41-23-11-3-12-24-41)46(64-54)38-58-32-40-21-9-2-10-22-40/h1-30,45-54,56H,31-38H2/t45-,46-,47-,48-,49-,50-,51+,52-,53+,54-/m1/s1. The smallest absolute Gasteiger partial charge is 0.228 e. The second-order valence-corrected chi connectivity index (χ2v) is 16.2. The average Bonchev–Trinajstić information content (AvgIpc) is 3.35. The maximum absolute atomic E-state index is 17.0. The number of aliphatic hydroxyl groups excluding tert-OH is 1. The third-order valence-corrected chi connectivity index (χ3v) is 11.4. The van der Waals surface area contributed by atoms with Gasteiger partial charge in [0.25, 0.3) is 0 Å². The van der Waals surface area contributed by atoms with Gasteiger partial charge in [0.05, 0.1) is 52.9 Å². The lowest BCUT2D eigenvalue weighted by molar-refractivity contribution is -0.366. The maximum atomic E-state index is 17.0. The lowest BCUT2D eigenvalue weighted by Crippen LogP contribution is -2.65.